The molecule has 0 spiro atoms. The first-order chi connectivity index (χ1) is 10.2. The summed E-state index contributed by atoms with van der Waals surface area (Å²) in [6.07, 6.45) is -15.1. The lowest BCUT2D eigenvalue weighted by atomic mass is 10.1. The molecule has 1 nitrogen and oxygen atoms in total. The number of rotatable bonds is 4. The molecule has 22 heavy (non-hydrogen) atoms. The van der Waals surface area contributed by atoms with E-state index in [2.05, 4.69) is 4.74 Å². The van der Waals surface area contributed by atoms with E-state index < -0.39 is 24.2 Å². The summed E-state index contributed by atoms with van der Waals surface area (Å²) in [5, 5.41) is 0. The van der Waals surface area contributed by atoms with Crippen molar-refractivity contribution in [2.24, 2.45) is 0 Å². The van der Waals surface area contributed by atoms with E-state index in [-0.39, 0.29) is 0 Å². The summed E-state index contributed by atoms with van der Waals surface area (Å²) in [7, 11) is 0. The van der Waals surface area contributed by atoms with E-state index in [1.165, 1.54) is 12.1 Å². The molecule has 0 saturated heterocycles. The SMILES string of the molecule is F[C@H](C(F)(F)F)C(F)(F)Oc1ccc(-c2ccccc2)cc1. The standard InChI is InChI=1S/C15H10F6O/c16-13(14(17,18)19)15(20,21)22-12-8-6-11(7-9-12)10-4-2-1-3-5-10/h1-9,13H/t13-/m1/s1. The smallest absolute Gasteiger partial charge is 0.430 e. The molecule has 0 N–H and O–H groups in total. The van der Waals surface area contributed by atoms with Crippen LogP contribution in [0.15, 0.2) is 54.6 Å². The van der Waals surface area contributed by atoms with Crippen LogP contribution in [0.2, 0.25) is 0 Å². The number of halogens is 6. The van der Waals surface area contributed by atoms with E-state index in [1.807, 2.05) is 0 Å². The first-order valence-electron chi connectivity index (χ1n) is 6.13. The molecular weight excluding hydrogens is 310 g/mol. The molecule has 0 unspecified atom stereocenters. The first kappa shape index (κ1) is 16.2. The van der Waals surface area contributed by atoms with E-state index in [1.54, 1.807) is 30.3 Å². The van der Waals surface area contributed by atoms with E-state index in [0.717, 1.165) is 17.7 Å². The van der Waals surface area contributed by atoms with E-state index in [0.29, 0.717) is 5.56 Å². The molecule has 0 aliphatic carbocycles. The van der Waals surface area contributed by atoms with E-state index in [9.17, 15) is 26.3 Å². The van der Waals surface area contributed by atoms with Crippen molar-refractivity contribution >= 4 is 0 Å². The van der Waals surface area contributed by atoms with E-state index in [4.69, 9.17) is 0 Å². The number of alkyl halides is 6. The van der Waals surface area contributed by atoms with Crippen LogP contribution in [0.3, 0.4) is 0 Å². The molecule has 0 bridgehead atoms. The lowest BCUT2D eigenvalue weighted by Crippen LogP contribution is -2.45. The highest BCUT2D eigenvalue weighted by atomic mass is 19.4. The fraction of sp³-hybridized carbons (Fsp3) is 0.200. The van der Waals surface area contributed by atoms with Crippen molar-refractivity contribution in [3.05, 3.63) is 54.6 Å². The summed E-state index contributed by atoms with van der Waals surface area (Å²) < 4.78 is 78.8. The normalized spacial score (nSPS) is 13.7. The Balaban J connectivity index is 2.15. The molecule has 0 aromatic heterocycles. The van der Waals surface area contributed by atoms with Gasteiger partial charge in [0.1, 0.15) is 5.75 Å². The Morgan fingerprint density at radius 2 is 1.23 bits per heavy atom. The van der Waals surface area contributed by atoms with Gasteiger partial charge in [0, 0.05) is 0 Å². The highest BCUT2D eigenvalue weighted by molar-refractivity contribution is 5.63. The molecule has 2 aromatic carbocycles. The van der Waals surface area contributed by atoms with Gasteiger partial charge >= 0.3 is 12.3 Å². The Morgan fingerprint density at radius 1 is 0.727 bits per heavy atom. The largest absolute Gasteiger partial charge is 0.439 e. The lowest BCUT2D eigenvalue weighted by molar-refractivity contribution is -0.304. The summed E-state index contributed by atoms with van der Waals surface area (Å²) in [5.74, 6) is -0.559. The maximum absolute atomic E-state index is 13.1. The Bertz CT molecular complexity index is 606. The summed E-state index contributed by atoms with van der Waals surface area (Å²) in [6.45, 7) is 0. The van der Waals surface area contributed by atoms with Crippen molar-refractivity contribution in [2.75, 3.05) is 0 Å². The fourth-order valence-corrected chi connectivity index (χ4v) is 1.75. The molecule has 0 heterocycles. The molecule has 0 aliphatic heterocycles. The zero-order chi connectivity index (χ0) is 16.4. The average molecular weight is 320 g/mol. The molecule has 2 rings (SSSR count). The number of ether oxygens (including phenoxy) is 1. The summed E-state index contributed by atoms with van der Waals surface area (Å²) in [5.41, 5.74) is 1.45. The number of benzene rings is 2. The quantitative estimate of drug-likeness (QED) is 0.701. The van der Waals surface area contributed by atoms with Crippen LogP contribution < -0.4 is 4.74 Å². The van der Waals surface area contributed by atoms with Gasteiger partial charge in [-0.05, 0) is 23.3 Å². The van der Waals surface area contributed by atoms with Crippen molar-refractivity contribution in [3.8, 4) is 16.9 Å². The van der Waals surface area contributed by atoms with Gasteiger partial charge in [-0.15, -0.1) is 0 Å². The molecule has 0 saturated carbocycles. The predicted octanol–water partition coefficient (Wildman–Crippen LogP) is 5.23. The molecular formula is C15H10F6O. The van der Waals surface area contributed by atoms with Gasteiger partial charge < -0.3 is 4.74 Å². The van der Waals surface area contributed by atoms with Crippen LogP contribution >= 0.6 is 0 Å². The molecule has 1 atom stereocenters. The monoisotopic (exact) mass is 320 g/mol. The third-order valence-corrected chi connectivity index (χ3v) is 2.80. The minimum atomic E-state index is -5.70. The Kier molecular flexibility index (Phi) is 4.35. The Morgan fingerprint density at radius 3 is 1.73 bits per heavy atom. The second-order valence-electron chi connectivity index (χ2n) is 4.46. The van der Waals surface area contributed by atoms with Crippen molar-refractivity contribution in [2.45, 2.75) is 18.5 Å². The maximum atomic E-state index is 13.1. The third kappa shape index (κ3) is 3.72. The van der Waals surface area contributed by atoms with Gasteiger partial charge in [-0.1, -0.05) is 42.5 Å². The van der Waals surface area contributed by atoms with Crippen LogP contribution in [-0.4, -0.2) is 18.5 Å². The number of hydrogen-bond acceptors (Lipinski definition) is 1. The minimum Gasteiger partial charge on any atom is -0.430 e. The number of hydrogen-bond donors (Lipinski definition) is 0. The molecule has 0 radical (unpaired) electrons. The predicted molar refractivity (Wildman–Crippen MR) is 68.4 cm³/mol. The zero-order valence-corrected chi connectivity index (χ0v) is 10.9. The summed E-state index contributed by atoms with van der Waals surface area (Å²) in [6, 6.07) is 13.8. The molecule has 0 amide bonds. The molecule has 0 aliphatic rings. The molecule has 118 valence electrons. The molecule has 0 fully saturated rings. The van der Waals surface area contributed by atoms with Crippen LogP contribution in [-0.2, 0) is 0 Å². The molecule has 2 aromatic rings. The van der Waals surface area contributed by atoms with Crippen LogP contribution in [0.1, 0.15) is 0 Å². The van der Waals surface area contributed by atoms with Crippen LogP contribution in [0.25, 0.3) is 11.1 Å². The van der Waals surface area contributed by atoms with Crippen LogP contribution in [0, 0.1) is 0 Å². The fourth-order valence-electron chi connectivity index (χ4n) is 1.75. The lowest BCUT2D eigenvalue weighted by Gasteiger charge is -2.23. The zero-order valence-electron chi connectivity index (χ0n) is 10.9. The average Bonchev–Trinajstić information content (AvgIpc) is 2.47. The van der Waals surface area contributed by atoms with Crippen molar-refractivity contribution in [3.63, 3.8) is 0 Å². The summed E-state index contributed by atoms with van der Waals surface area (Å²) in [4.78, 5) is 0. The molecule has 7 heteroatoms. The highest BCUT2D eigenvalue weighted by Gasteiger charge is 2.59. The van der Waals surface area contributed by atoms with Crippen LogP contribution in [0.4, 0.5) is 26.3 Å². The van der Waals surface area contributed by atoms with E-state index >= 15 is 0 Å². The minimum absolute atomic E-state index is 0.559. The van der Waals surface area contributed by atoms with Gasteiger partial charge in [-0.25, -0.2) is 4.39 Å². The first-order valence-corrected chi connectivity index (χ1v) is 6.13. The van der Waals surface area contributed by atoms with Gasteiger partial charge in [0.15, 0.2) is 0 Å². The van der Waals surface area contributed by atoms with Crippen molar-refractivity contribution in [1.29, 1.82) is 0 Å². The van der Waals surface area contributed by atoms with Gasteiger partial charge in [0.2, 0.25) is 0 Å². The van der Waals surface area contributed by atoms with Gasteiger partial charge in [-0.3, -0.25) is 0 Å². The van der Waals surface area contributed by atoms with Crippen molar-refractivity contribution in [1.82, 2.24) is 0 Å². The van der Waals surface area contributed by atoms with Gasteiger partial charge in [0.05, 0.1) is 0 Å². The van der Waals surface area contributed by atoms with Crippen LogP contribution in [0.5, 0.6) is 5.75 Å². The Labute approximate surface area is 122 Å². The second-order valence-corrected chi connectivity index (χ2v) is 4.46. The Hall–Kier alpha value is -2.18. The van der Waals surface area contributed by atoms with Crippen molar-refractivity contribution < 1.29 is 31.1 Å². The third-order valence-electron chi connectivity index (χ3n) is 2.80. The van der Waals surface area contributed by atoms with Gasteiger partial charge in [-0.2, -0.15) is 22.0 Å². The second kappa shape index (κ2) is 5.90. The summed E-state index contributed by atoms with van der Waals surface area (Å²) >= 11 is 0. The highest BCUT2D eigenvalue weighted by Crippen LogP contribution is 2.36. The van der Waals surface area contributed by atoms with Gasteiger partial charge in [0.25, 0.3) is 6.17 Å². The topological polar surface area (TPSA) is 9.23 Å². The maximum Gasteiger partial charge on any atom is 0.439 e.